The van der Waals surface area contributed by atoms with Crippen LogP contribution in [0.3, 0.4) is 0 Å². The van der Waals surface area contributed by atoms with E-state index in [1.54, 1.807) is 0 Å². The van der Waals surface area contributed by atoms with Crippen LogP contribution in [-0.4, -0.2) is 19.0 Å². The molecule has 0 aliphatic carbocycles. The zero-order chi connectivity index (χ0) is 15.4. The fraction of sp³-hybridized carbons (Fsp3) is 0.375. The highest BCUT2D eigenvalue weighted by atomic mass is 16.4. The maximum Gasteiger partial charge on any atom is 0.336 e. The topological polar surface area (TPSA) is 71.3 Å². The normalized spacial score (nSPS) is 10.8. The Balaban J connectivity index is 2.17. The molecule has 0 fully saturated rings. The summed E-state index contributed by atoms with van der Waals surface area (Å²) in [5, 5.41) is 6.88. The smallest absolute Gasteiger partial charge is 0.336 e. The number of rotatable bonds is 5. The molecule has 0 atom stereocenters. The van der Waals surface area contributed by atoms with E-state index in [2.05, 4.69) is 10.6 Å². The molecule has 0 unspecified atom stereocenters. The summed E-state index contributed by atoms with van der Waals surface area (Å²) in [6, 6.07) is 5.45. The van der Waals surface area contributed by atoms with Gasteiger partial charge < -0.3 is 15.1 Å². The number of fused-ring (bicyclic) bond motifs is 1. The van der Waals surface area contributed by atoms with E-state index >= 15 is 0 Å². The highest BCUT2D eigenvalue weighted by Gasteiger charge is 2.07. The quantitative estimate of drug-likeness (QED) is 0.648. The summed E-state index contributed by atoms with van der Waals surface area (Å²) < 4.78 is 5.26. The molecule has 0 spiro atoms. The standard InChI is InChI=1S/C16H20N2O3/c1-10-6-14-13(9-17-4-5-18-12(3)19)8-16(20)21-15(14)7-11(10)2/h6-8,17H,4-5,9H2,1-3H3,(H,18,19). The number of amides is 1. The minimum atomic E-state index is -0.343. The molecule has 2 rings (SSSR count). The molecular weight excluding hydrogens is 268 g/mol. The Kier molecular flexibility index (Phi) is 4.75. The third-order valence-corrected chi connectivity index (χ3v) is 3.44. The van der Waals surface area contributed by atoms with Crippen LogP contribution in [0.5, 0.6) is 0 Å². The van der Waals surface area contributed by atoms with Crippen LogP contribution in [0, 0.1) is 13.8 Å². The van der Waals surface area contributed by atoms with Crippen LogP contribution in [0.25, 0.3) is 11.0 Å². The number of aryl methyl sites for hydroxylation is 2. The second-order valence-electron chi connectivity index (χ2n) is 5.18. The van der Waals surface area contributed by atoms with Crippen molar-refractivity contribution in [2.24, 2.45) is 0 Å². The molecule has 5 heteroatoms. The minimum absolute atomic E-state index is 0.0475. The van der Waals surface area contributed by atoms with Gasteiger partial charge in [0.05, 0.1) is 0 Å². The van der Waals surface area contributed by atoms with Crippen LogP contribution in [0.4, 0.5) is 0 Å². The predicted octanol–water partition coefficient (Wildman–Crippen LogP) is 1.64. The Morgan fingerprint density at radius 3 is 2.57 bits per heavy atom. The van der Waals surface area contributed by atoms with Crippen molar-refractivity contribution in [2.75, 3.05) is 13.1 Å². The average Bonchev–Trinajstić information content (AvgIpc) is 2.40. The van der Waals surface area contributed by atoms with Crippen molar-refractivity contribution < 1.29 is 9.21 Å². The Bertz CT molecular complexity index is 719. The minimum Gasteiger partial charge on any atom is -0.423 e. The molecule has 5 nitrogen and oxygen atoms in total. The molecule has 2 aromatic rings. The van der Waals surface area contributed by atoms with E-state index in [1.165, 1.54) is 13.0 Å². The lowest BCUT2D eigenvalue weighted by Gasteiger charge is -2.09. The summed E-state index contributed by atoms with van der Waals surface area (Å²) in [7, 11) is 0. The van der Waals surface area contributed by atoms with Gasteiger partial charge in [0.15, 0.2) is 0 Å². The van der Waals surface area contributed by atoms with E-state index < -0.39 is 0 Å². The van der Waals surface area contributed by atoms with Gasteiger partial charge in [-0.1, -0.05) is 0 Å². The first kappa shape index (κ1) is 15.3. The first-order valence-corrected chi connectivity index (χ1v) is 6.96. The fourth-order valence-electron chi connectivity index (χ4n) is 2.18. The van der Waals surface area contributed by atoms with Crippen molar-refractivity contribution >= 4 is 16.9 Å². The summed E-state index contributed by atoms with van der Waals surface area (Å²) in [6.07, 6.45) is 0. The summed E-state index contributed by atoms with van der Waals surface area (Å²) in [5.41, 5.74) is 3.44. The van der Waals surface area contributed by atoms with Crippen LogP contribution in [0.1, 0.15) is 23.6 Å². The molecule has 1 aromatic carbocycles. The monoisotopic (exact) mass is 288 g/mol. The summed E-state index contributed by atoms with van der Waals surface area (Å²) in [6.45, 7) is 7.28. The van der Waals surface area contributed by atoms with Crippen molar-refractivity contribution in [2.45, 2.75) is 27.3 Å². The summed E-state index contributed by atoms with van der Waals surface area (Å²) in [5.74, 6) is -0.0475. The van der Waals surface area contributed by atoms with Gasteiger partial charge in [-0.25, -0.2) is 4.79 Å². The molecule has 2 N–H and O–H groups in total. The Labute approximate surface area is 123 Å². The van der Waals surface area contributed by atoms with E-state index in [0.717, 1.165) is 22.1 Å². The zero-order valence-electron chi connectivity index (χ0n) is 12.6. The van der Waals surface area contributed by atoms with Crippen molar-refractivity contribution in [3.8, 4) is 0 Å². The van der Waals surface area contributed by atoms with Gasteiger partial charge in [0, 0.05) is 38.0 Å². The lowest BCUT2D eigenvalue weighted by molar-refractivity contribution is -0.118. The number of carbonyl (C=O) groups is 1. The third kappa shape index (κ3) is 3.92. The van der Waals surface area contributed by atoms with E-state index in [0.29, 0.717) is 25.2 Å². The van der Waals surface area contributed by atoms with Gasteiger partial charge in [-0.2, -0.15) is 0 Å². The maximum atomic E-state index is 11.6. The number of benzene rings is 1. The van der Waals surface area contributed by atoms with Crippen LogP contribution in [-0.2, 0) is 11.3 Å². The lowest BCUT2D eigenvalue weighted by atomic mass is 10.0. The van der Waals surface area contributed by atoms with E-state index in [-0.39, 0.29) is 11.5 Å². The molecular formula is C16H20N2O3. The lowest BCUT2D eigenvalue weighted by Crippen LogP contribution is -2.30. The number of hydrogen-bond donors (Lipinski definition) is 2. The zero-order valence-corrected chi connectivity index (χ0v) is 12.6. The highest BCUT2D eigenvalue weighted by molar-refractivity contribution is 5.81. The molecule has 112 valence electrons. The molecule has 1 aromatic heterocycles. The second-order valence-corrected chi connectivity index (χ2v) is 5.18. The molecule has 1 amide bonds. The average molecular weight is 288 g/mol. The molecule has 0 aliphatic rings. The SMILES string of the molecule is CC(=O)NCCNCc1cc(=O)oc2cc(C)c(C)cc12. The largest absolute Gasteiger partial charge is 0.423 e. The van der Waals surface area contributed by atoms with Crippen LogP contribution >= 0.6 is 0 Å². The summed E-state index contributed by atoms with van der Waals surface area (Å²) in [4.78, 5) is 22.4. The maximum absolute atomic E-state index is 11.6. The van der Waals surface area contributed by atoms with Gasteiger partial charge in [0.25, 0.3) is 0 Å². The highest BCUT2D eigenvalue weighted by Crippen LogP contribution is 2.21. The van der Waals surface area contributed by atoms with E-state index in [1.807, 2.05) is 26.0 Å². The van der Waals surface area contributed by atoms with Crippen LogP contribution < -0.4 is 16.3 Å². The molecule has 0 saturated carbocycles. The second kappa shape index (κ2) is 6.54. The molecule has 0 aliphatic heterocycles. The third-order valence-electron chi connectivity index (χ3n) is 3.44. The molecule has 0 radical (unpaired) electrons. The van der Waals surface area contributed by atoms with Gasteiger partial charge >= 0.3 is 5.63 Å². The Hall–Kier alpha value is -2.14. The number of nitrogens with one attached hydrogen (secondary N) is 2. The first-order valence-electron chi connectivity index (χ1n) is 6.96. The summed E-state index contributed by atoms with van der Waals surface area (Å²) >= 11 is 0. The molecule has 0 saturated heterocycles. The van der Waals surface area contributed by atoms with Gasteiger partial charge in [-0.15, -0.1) is 0 Å². The van der Waals surface area contributed by atoms with Gasteiger partial charge in [-0.3, -0.25) is 4.79 Å². The number of carbonyl (C=O) groups excluding carboxylic acids is 1. The van der Waals surface area contributed by atoms with Gasteiger partial charge in [0.2, 0.25) is 5.91 Å². The van der Waals surface area contributed by atoms with Gasteiger partial charge in [-0.05, 0) is 42.7 Å². The molecule has 1 heterocycles. The number of hydrogen-bond acceptors (Lipinski definition) is 4. The van der Waals surface area contributed by atoms with E-state index in [4.69, 9.17) is 4.42 Å². The Morgan fingerprint density at radius 2 is 1.86 bits per heavy atom. The first-order chi connectivity index (χ1) is 9.97. The predicted molar refractivity (Wildman–Crippen MR) is 82.3 cm³/mol. The van der Waals surface area contributed by atoms with Crippen molar-refractivity contribution in [1.82, 2.24) is 10.6 Å². The fourth-order valence-corrected chi connectivity index (χ4v) is 2.18. The molecule has 21 heavy (non-hydrogen) atoms. The van der Waals surface area contributed by atoms with Crippen molar-refractivity contribution in [1.29, 1.82) is 0 Å². The van der Waals surface area contributed by atoms with Crippen molar-refractivity contribution in [3.05, 3.63) is 45.3 Å². The Morgan fingerprint density at radius 1 is 1.14 bits per heavy atom. The van der Waals surface area contributed by atoms with Gasteiger partial charge in [0.1, 0.15) is 5.58 Å². The van der Waals surface area contributed by atoms with E-state index in [9.17, 15) is 9.59 Å². The van der Waals surface area contributed by atoms with Crippen LogP contribution in [0.2, 0.25) is 0 Å². The molecule has 0 bridgehead atoms. The van der Waals surface area contributed by atoms with Crippen LogP contribution in [0.15, 0.2) is 27.4 Å². The van der Waals surface area contributed by atoms with Crippen molar-refractivity contribution in [3.63, 3.8) is 0 Å².